The summed E-state index contributed by atoms with van der Waals surface area (Å²) >= 11 is 6.36. The summed E-state index contributed by atoms with van der Waals surface area (Å²) in [5, 5.41) is 9.33. The van der Waals surface area contributed by atoms with Gasteiger partial charge >= 0.3 is 11.9 Å². The molecule has 0 aliphatic heterocycles. The number of carbonyl (C=O) groups is 2. The van der Waals surface area contributed by atoms with E-state index in [4.69, 9.17) is 26.2 Å². The minimum atomic E-state index is -0.692. The highest BCUT2D eigenvalue weighted by Gasteiger charge is 2.29. The number of nitrogens with zero attached hydrogens (tertiary/aromatic N) is 1. The molecular formula is C20H22ClNO5. The van der Waals surface area contributed by atoms with Crippen molar-refractivity contribution >= 4 is 23.5 Å². The zero-order valence-electron chi connectivity index (χ0n) is 15.7. The molecule has 0 radical (unpaired) electrons. The number of hydrogen-bond acceptors (Lipinski definition) is 6. The summed E-state index contributed by atoms with van der Waals surface area (Å²) in [6.45, 7) is 6.32. The van der Waals surface area contributed by atoms with Crippen LogP contribution in [0.25, 0.3) is 11.1 Å². The summed E-state index contributed by atoms with van der Waals surface area (Å²) < 4.78 is 10.5. The number of benzene rings is 1. The van der Waals surface area contributed by atoms with Gasteiger partial charge in [0.2, 0.25) is 0 Å². The van der Waals surface area contributed by atoms with Crippen molar-refractivity contribution in [3.8, 4) is 11.1 Å². The van der Waals surface area contributed by atoms with Gasteiger partial charge in [0.25, 0.3) is 0 Å². The van der Waals surface area contributed by atoms with Crippen LogP contribution in [0.1, 0.15) is 46.0 Å². The normalized spacial score (nSPS) is 10.8. The van der Waals surface area contributed by atoms with E-state index in [1.165, 1.54) is 0 Å². The lowest BCUT2D eigenvalue weighted by molar-refractivity contribution is 0.0377. The molecule has 0 saturated heterocycles. The van der Waals surface area contributed by atoms with Crippen molar-refractivity contribution in [3.63, 3.8) is 0 Å². The van der Waals surface area contributed by atoms with Gasteiger partial charge in [-0.05, 0) is 33.8 Å². The van der Waals surface area contributed by atoms with Crippen molar-refractivity contribution in [2.75, 3.05) is 13.2 Å². The Kier molecular flexibility index (Phi) is 6.93. The monoisotopic (exact) mass is 391 g/mol. The highest BCUT2D eigenvalue weighted by atomic mass is 35.5. The molecule has 6 nitrogen and oxygen atoms in total. The molecule has 0 amide bonds. The van der Waals surface area contributed by atoms with E-state index in [0.717, 1.165) is 0 Å². The number of halogens is 1. The minimum Gasteiger partial charge on any atom is -0.460 e. The minimum absolute atomic E-state index is 0.123. The fourth-order valence-electron chi connectivity index (χ4n) is 2.77. The number of aryl methyl sites for hydroxylation is 2. The first kappa shape index (κ1) is 20.9. The number of rotatable bonds is 6. The standard InChI is InChI=1S/C20H22ClNO5/c1-11(2)27-20(25)17-13(4)22-12(3)16(19(24)26-10-9-23)18(17)14-7-5-6-8-15(14)21/h5-8,11,23H,9-10H2,1-4H3. The molecule has 0 unspecified atom stereocenters. The number of aliphatic hydroxyl groups is 1. The first-order valence-corrected chi connectivity index (χ1v) is 8.90. The van der Waals surface area contributed by atoms with E-state index in [2.05, 4.69) is 4.98 Å². The molecule has 0 aliphatic carbocycles. The molecule has 1 aromatic heterocycles. The molecule has 1 N–H and O–H groups in total. The molecule has 27 heavy (non-hydrogen) atoms. The third-order valence-electron chi connectivity index (χ3n) is 3.78. The van der Waals surface area contributed by atoms with E-state index in [-0.39, 0.29) is 30.4 Å². The van der Waals surface area contributed by atoms with Gasteiger partial charge < -0.3 is 14.6 Å². The van der Waals surface area contributed by atoms with Gasteiger partial charge in [-0.15, -0.1) is 0 Å². The van der Waals surface area contributed by atoms with Gasteiger partial charge in [0.1, 0.15) is 6.61 Å². The number of esters is 2. The van der Waals surface area contributed by atoms with Crippen molar-refractivity contribution < 1.29 is 24.2 Å². The predicted molar refractivity (Wildman–Crippen MR) is 102 cm³/mol. The number of aromatic nitrogens is 1. The van der Waals surface area contributed by atoms with Crippen LogP contribution < -0.4 is 0 Å². The molecule has 0 fully saturated rings. The quantitative estimate of drug-likeness (QED) is 0.755. The first-order chi connectivity index (χ1) is 12.8. The summed E-state index contributed by atoms with van der Waals surface area (Å²) in [7, 11) is 0. The van der Waals surface area contributed by atoms with Crippen molar-refractivity contribution in [1.29, 1.82) is 0 Å². The van der Waals surface area contributed by atoms with Crippen LogP contribution in [-0.2, 0) is 9.47 Å². The lowest BCUT2D eigenvalue weighted by atomic mass is 9.92. The van der Waals surface area contributed by atoms with Crippen LogP contribution in [0.2, 0.25) is 5.02 Å². The van der Waals surface area contributed by atoms with Crippen LogP contribution in [0.5, 0.6) is 0 Å². The average molecular weight is 392 g/mol. The van der Waals surface area contributed by atoms with Crippen molar-refractivity contribution in [1.82, 2.24) is 4.98 Å². The van der Waals surface area contributed by atoms with E-state index < -0.39 is 11.9 Å². The maximum atomic E-state index is 12.8. The zero-order chi connectivity index (χ0) is 20.1. The molecular weight excluding hydrogens is 370 g/mol. The molecule has 2 aromatic rings. The van der Waals surface area contributed by atoms with Crippen molar-refractivity contribution in [2.24, 2.45) is 0 Å². The topological polar surface area (TPSA) is 85.7 Å². The van der Waals surface area contributed by atoms with E-state index in [1.54, 1.807) is 52.0 Å². The number of ether oxygens (including phenoxy) is 2. The summed E-state index contributed by atoms with van der Waals surface area (Å²) in [5.74, 6) is -1.29. The molecule has 7 heteroatoms. The average Bonchev–Trinajstić information content (AvgIpc) is 2.58. The van der Waals surface area contributed by atoms with Gasteiger partial charge in [0, 0.05) is 16.1 Å². The largest absolute Gasteiger partial charge is 0.460 e. The Hall–Kier alpha value is -2.44. The van der Waals surface area contributed by atoms with Crippen LogP contribution in [0, 0.1) is 13.8 Å². The first-order valence-electron chi connectivity index (χ1n) is 8.53. The van der Waals surface area contributed by atoms with Gasteiger partial charge in [-0.1, -0.05) is 29.8 Å². The van der Waals surface area contributed by atoms with Crippen LogP contribution >= 0.6 is 11.6 Å². The third kappa shape index (κ3) is 4.64. The van der Waals surface area contributed by atoms with Gasteiger partial charge in [0.05, 0.1) is 35.2 Å². The van der Waals surface area contributed by atoms with Gasteiger partial charge in [-0.2, -0.15) is 0 Å². The molecule has 0 aliphatic rings. The molecule has 144 valence electrons. The number of pyridine rings is 1. The second-order valence-corrected chi connectivity index (χ2v) is 6.61. The van der Waals surface area contributed by atoms with E-state index in [9.17, 15) is 9.59 Å². The third-order valence-corrected chi connectivity index (χ3v) is 4.11. The highest BCUT2D eigenvalue weighted by Crippen LogP contribution is 2.36. The summed E-state index contributed by atoms with van der Waals surface area (Å²) in [4.78, 5) is 29.8. The maximum Gasteiger partial charge on any atom is 0.340 e. The van der Waals surface area contributed by atoms with Crippen LogP contribution in [0.3, 0.4) is 0 Å². The lowest BCUT2D eigenvalue weighted by Gasteiger charge is -2.19. The maximum absolute atomic E-state index is 12.8. The van der Waals surface area contributed by atoms with E-state index in [0.29, 0.717) is 27.5 Å². The predicted octanol–water partition coefficient (Wildman–Crippen LogP) is 3.73. The van der Waals surface area contributed by atoms with E-state index >= 15 is 0 Å². The Labute approximate surface area is 163 Å². The van der Waals surface area contributed by atoms with Crippen LogP contribution in [0.4, 0.5) is 0 Å². The Morgan fingerprint density at radius 2 is 1.70 bits per heavy atom. The van der Waals surface area contributed by atoms with Gasteiger partial charge in [-0.3, -0.25) is 4.98 Å². The lowest BCUT2D eigenvalue weighted by Crippen LogP contribution is -2.20. The van der Waals surface area contributed by atoms with Gasteiger partial charge in [0.15, 0.2) is 0 Å². The van der Waals surface area contributed by atoms with E-state index in [1.807, 2.05) is 0 Å². The number of aliphatic hydroxyl groups excluding tert-OH is 1. The fraction of sp³-hybridized carbons (Fsp3) is 0.350. The number of carbonyl (C=O) groups excluding carboxylic acids is 2. The Morgan fingerprint density at radius 1 is 1.11 bits per heavy atom. The SMILES string of the molecule is Cc1nc(C)c(C(=O)OC(C)C)c(-c2ccccc2Cl)c1C(=O)OCCO. The smallest absolute Gasteiger partial charge is 0.340 e. The Balaban J connectivity index is 2.82. The summed E-state index contributed by atoms with van der Waals surface area (Å²) in [5.41, 5.74) is 1.92. The Morgan fingerprint density at radius 3 is 2.26 bits per heavy atom. The second kappa shape index (κ2) is 8.97. The Bertz CT molecular complexity index is 864. The van der Waals surface area contributed by atoms with Crippen LogP contribution in [0.15, 0.2) is 24.3 Å². The zero-order valence-corrected chi connectivity index (χ0v) is 16.5. The molecule has 0 saturated carbocycles. The van der Waals surface area contributed by atoms with Gasteiger partial charge in [-0.25, -0.2) is 9.59 Å². The molecule has 0 bridgehead atoms. The number of hydrogen-bond donors (Lipinski definition) is 1. The van der Waals surface area contributed by atoms with Crippen molar-refractivity contribution in [2.45, 2.75) is 33.8 Å². The van der Waals surface area contributed by atoms with Crippen LogP contribution in [-0.4, -0.2) is 41.3 Å². The fourth-order valence-corrected chi connectivity index (χ4v) is 3.00. The summed E-state index contributed by atoms with van der Waals surface area (Å²) in [6.07, 6.45) is -0.345. The molecule has 1 heterocycles. The molecule has 2 rings (SSSR count). The highest BCUT2D eigenvalue weighted by molar-refractivity contribution is 6.34. The molecule has 0 spiro atoms. The van der Waals surface area contributed by atoms with Crippen molar-refractivity contribution in [3.05, 3.63) is 51.8 Å². The molecule has 0 atom stereocenters. The summed E-state index contributed by atoms with van der Waals surface area (Å²) in [6, 6.07) is 6.89. The second-order valence-electron chi connectivity index (χ2n) is 6.20. The molecule has 1 aromatic carbocycles.